The summed E-state index contributed by atoms with van der Waals surface area (Å²) in [7, 11) is 1.70. The van der Waals surface area contributed by atoms with Crippen molar-refractivity contribution in [3.63, 3.8) is 0 Å². The molecule has 31 heavy (non-hydrogen) atoms. The minimum Gasteiger partial charge on any atom is -0.486 e. The molecule has 2 amide bonds. The minimum atomic E-state index is -1.44. The topological polar surface area (TPSA) is 72.0 Å². The molecule has 2 aromatic carbocycles. The van der Waals surface area contributed by atoms with Crippen molar-refractivity contribution in [1.82, 2.24) is 4.98 Å². The van der Waals surface area contributed by atoms with Crippen molar-refractivity contribution in [2.75, 3.05) is 30.1 Å². The molecule has 154 valence electrons. The molecule has 7 heteroatoms. The van der Waals surface area contributed by atoms with E-state index in [4.69, 9.17) is 9.47 Å². The van der Waals surface area contributed by atoms with E-state index >= 15 is 0 Å². The lowest BCUT2D eigenvalue weighted by Crippen LogP contribution is -2.48. The number of carbonyl (C=O) groups is 2. The van der Waals surface area contributed by atoms with Crippen LogP contribution in [-0.2, 0) is 21.5 Å². The van der Waals surface area contributed by atoms with Crippen molar-refractivity contribution < 1.29 is 19.1 Å². The molecule has 0 fully saturated rings. The van der Waals surface area contributed by atoms with Gasteiger partial charge in [0.1, 0.15) is 13.2 Å². The van der Waals surface area contributed by atoms with Gasteiger partial charge in [-0.15, -0.1) is 0 Å². The zero-order valence-corrected chi connectivity index (χ0v) is 16.9. The van der Waals surface area contributed by atoms with E-state index < -0.39 is 5.41 Å². The standard InChI is InChI=1S/C24H19N3O4/c1-26-19-13-21-20(30-10-11-31-21)12-17(19)24(22(26)28)16-7-2-3-8-18(16)27(23(24)29)14-15-6-4-5-9-25-15/h2-9,12-13H,10-11,14H2,1H3. The Bertz CT molecular complexity index is 1240. The van der Waals surface area contributed by atoms with Crippen LogP contribution < -0.4 is 19.3 Å². The normalized spacial score (nSPS) is 20.9. The molecule has 0 aliphatic carbocycles. The highest BCUT2D eigenvalue weighted by atomic mass is 16.6. The first-order chi connectivity index (χ1) is 15.1. The minimum absolute atomic E-state index is 0.272. The summed E-state index contributed by atoms with van der Waals surface area (Å²) in [6.45, 7) is 1.17. The van der Waals surface area contributed by atoms with E-state index in [-0.39, 0.29) is 18.4 Å². The van der Waals surface area contributed by atoms with Gasteiger partial charge in [0.25, 0.3) is 11.8 Å². The third-order valence-corrected chi connectivity index (χ3v) is 6.26. The van der Waals surface area contributed by atoms with E-state index in [9.17, 15) is 9.59 Å². The van der Waals surface area contributed by atoms with Crippen molar-refractivity contribution in [3.05, 3.63) is 77.6 Å². The van der Waals surface area contributed by atoms with Crippen LogP contribution in [0.25, 0.3) is 0 Å². The van der Waals surface area contributed by atoms with Crippen LogP contribution in [0.4, 0.5) is 11.4 Å². The number of pyridine rings is 1. The number of hydrogen-bond donors (Lipinski definition) is 0. The lowest BCUT2D eigenvalue weighted by molar-refractivity contribution is -0.131. The van der Waals surface area contributed by atoms with Gasteiger partial charge in [-0.2, -0.15) is 0 Å². The van der Waals surface area contributed by atoms with E-state index in [1.807, 2.05) is 42.5 Å². The Balaban J connectivity index is 1.57. The highest BCUT2D eigenvalue weighted by molar-refractivity contribution is 6.31. The molecule has 0 N–H and O–H groups in total. The predicted octanol–water partition coefficient (Wildman–Crippen LogP) is 2.66. The molecule has 0 saturated carbocycles. The third-order valence-electron chi connectivity index (χ3n) is 6.26. The smallest absolute Gasteiger partial charge is 0.252 e. The van der Waals surface area contributed by atoms with Gasteiger partial charge in [0.15, 0.2) is 16.9 Å². The van der Waals surface area contributed by atoms with Crippen LogP contribution in [-0.4, -0.2) is 37.1 Å². The first kappa shape index (κ1) is 17.9. The molecule has 3 aliphatic heterocycles. The zero-order valence-electron chi connectivity index (χ0n) is 16.9. The molecule has 1 unspecified atom stereocenters. The Morgan fingerprint density at radius 3 is 2.42 bits per heavy atom. The Labute approximate surface area is 178 Å². The summed E-state index contributed by atoms with van der Waals surface area (Å²) in [4.78, 5) is 35.4. The molecular formula is C24H19N3O4. The average molecular weight is 413 g/mol. The Morgan fingerprint density at radius 2 is 1.65 bits per heavy atom. The molecule has 0 saturated heterocycles. The lowest BCUT2D eigenvalue weighted by Gasteiger charge is -2.24. The Morgan fingerprint density at radius 1 is 0.903 bits per heavy atom. The van der Waals surface area contributed by atoms with Gasteiger partial charge in [0.2, 0.25) is 0 Å². The molecule has 6 rings (SSSR count). The van der Waals surface area contributed by atoms with E-state index in [1.165, 1.54) is 0 Å². The number of para-hydroxylation sites is 1. The maximum absolute atomic E-state index is 14.1. The fourth-order valence-electron chi connectivity index (χ4n) is 4.86. The van der Waals surface area contributed by atoms with Gasteiger partial charge < -0.3 is 19.3 Å². The number of fused-ring (bicyclic) bond motifs is 5. The van der Waals surface area contributed by atoms with Crippen molar-refractivity contribution in [2.45, 2.75) is 12.0 Å². The second-order valence-electron chi connectivity index (χ2n) is 7.86. The number of likely N-dealkylation sites (N-methyl/N-ethyl adjacent to an activating group) is 1. The van der Waals surface area contributed by atoms with Crippen LogP contribution in [0.1, 0.15) is 16.8 Å². The molecule has 7 nitrogen and oxygen atoms in total. The number of benzene rings is 2. The molecule has 3 aromatic rings. The van der Waals surface area contributed by atoms with Crippen LogP contribution in [0.3, 0.4) is 0 Å². The monoisotopic (exact) mass is 413 g/mol. The molecule has 1 spiro atoms. The fraction of sp³-hybridized carbons (Fsp3) is 0.208. The highest BCUT2D eigenvalue weighted by Gasteiger charge is 2.63. The third kappa shape index (κ3) is 2.26. The van der Waals surface area contributed by atoms with E-state index in [1.54, 1.807) is 35.2 Å². The summed E-state index contributed by atoms with van der Waals surface area (Å²) in [6.07, 6.45) is 1.70. The van der Waals surface area contributed by atoms with Gasteiger partial charge in [0.05, 0.1) is 17.9 Å². The second-order valence-corrected chi connectivity index (χ2v) is 7.86. The summed E-state index contributed by atoms with van der Waals surface area (Å²) in [5, 5.41) is 0. The van der Waals surface area contributed by atoms with Crippen molar-refractivity contribution in [3.8, 4) is 11.5 Å². The van der Waals surface area contributed by atoms with Gasteiger partial charge >= 0.3 is 0 Å². The molecule has 4 heterocycles. The molecule has 1 aromatic heterocycles. The van der Waals surface area contributed by atoms with Crippen molar-refractivity contribution in [1.29, 1.82) is 0 Å². The first-order valence-corrected chi connectivity index (χ1v) is 10.2. The van der Waals surface area contributed by atoms with Crippen molar-refractivity contribution in [2.24, 2.45) is 0 Å². The van der Waals surface area contributed by atoms with Crippen molar-refractivity contribution >= 4 is 23.2 Å². The quantitative estimate of drug-likeness (QED) is 0.604. The van der Waals surface area contributed by atoms with E-state index in [2.05, 4.69) is 4.98 Å². The number of amides is 2. The van der Waals surface area contributed by atoms with Crippen LogP contribution in [0, 0.1) is 0 Å². The van der Waals surface area contributed by atoms with E-state index in [0.29, 0.717) is 41.5 Å². The van der Waals surface area contributed by atoms with Gasteiger partial charge in [-0.25, -0.2) is 0 Å². The van der Waals surface area contributed by atoms with E-state index in [0.717, 1.165) is 11.4 Å². The zero-order chi connectivity index (χ0) is 21.2. The number of nitrogens with zero attached hydrogens (tertiary/aromatic N) is 3. The summed E-state index contributed by atoms with van der Waals surface area (Å²) in [5.74, 6) is 0.601. The average Bonchev–Trinajstić information content (AvgIpc) is 3.18. The van der Waals surface area contributed by atoms with Crippen LogP contribution >= 0.6 is 0 Å². The first-order valence-electron chi connectivity index (χ1n) is 10.2. The fourth-order valence-corrected chi connectivity index (χ4v) is 4.86. The summed E-state index contributed by atoms with van der Waals surface area (Å²) in [5.41, 5.74) is 2.02. The predicted molar refractivity (Wildman–Crippen MR) is 113 cm³/mol. The highest BCUT2D eigenvalue weighted by Crippen LogP contribution is 2.56. The molecule has 3 aliphatic rings. The van der Waals surface area contributed by atoms with Gasteiger partial charge in [0, 0.05) is 36.1 Å². The summed E-state index contributed by atoms with van der Waals surface area (Å²) < 4.78 is 11.5. The number of anilines is 2. The molecule has 0 bridgehead atoms. The van der Waals surface area contributed by atoms with Gasteiger partial charge in [-0.3, -0.25) is 14.6 Å². The maximum Gasteiger partial charge on any atom is 0.252 e. The lowest BCUT2D eigenvalue weighted by atomic mass is 9.76. The van der Waals surface area contributed by atoms with Gasteiger partial charge in [-0.1, -0.05) is 24.3 Å². The number of carbonyl (C=O) groups excluding carboxylic acids is 2. The Kier molecular flexibility index (Phi) is 3.65. The van der Waals surface area contributed by atoms with Crippen LogP contribution in [0.15, 0.2) is 60.8 Å². The number of ether oxygens (including phenoxy) is 2. The summed E-state index contributed by atoms with van der Waals surface area (Å²) >= 11 is 0. The second kappa shape index (κ2) is 6.31. The van der Waals surface area contributed by atoms with Crippen LogP contribution in [0.5, 0.6) is 11.5 Å². The SMILES string of the molecule is CN1C(=O)C2(C(=O)N(Cc3ccccn3)c3ccccc32)c2cc3c(cc21)OCCO3. The summed E-state index contributed by atoms with van der Waals surface area (Å²) in [6, 6.07) is 16.7. The number of aromatic nitrogens is 1. The Hall–Kier alpha value is -3.87. The molecule has 0 radical (unpaired) electrons. The molecule has 1 atom stereocenters. The van der Waals surface area contributed by atoms with Gasteiger partial charge in [-0.05, 0) is 24.3 Å². The number of rotatable bonds is 2. The largest absolute Gasteiger partial charge is 0.486 e. The van der Waals surface area contributed by atoms with Crippen LogP contribution in [0.2, 0.25) is 0 Å². The number of hydrogen-bond acceptors (Lipinski definition) is 5. The molecular weight excluding hydrogens is 394 g/mol. The maximum atomic E-state index is 14.1.